The molecule has 0 radical (unpaired) electrons. The van der Waals surface area contributed by atoms with Gasteiger partial charge in [0.15, 0.2) is 0 Å². The molecule has 0 saturated carbocycles. The van der Waals surface area contributed by atoms with E-state index in [0.29, 0.717) is 12.3 Å². The Bertz CT molecular complexity index is 319. The third kappa shape index (κ3) is 4.18. The molecule has 1 aromatic rings. The average Bonchev–Trinajstić information content (AvgIpc) is 2.04. The zero-order valence-electron chi connectivity index (χ0n) is 8.10. The first kappa shape index (κ1) is 12.8. The molecule has 0 aliphatic rings. The smallest absolute Gasteiger partial charge is 0.115 e. The number of rotatable bonds is 3. The molecule has 0 spiro atoms. The Hall–Kier alpha value is -1.17. The molecule has 0 aromatic heterocycles. The molecular weight excluding hydrogens is 198 g/mol. The highest BCUT2D eigenvalue weighted by Crippen LogP contribution is 2.11. The van der Waals surface area contributed by atoms with E-state index < -0.39 is 0 Å². The minimum atomic E-state index is 0. The van der Waals surface area contributed by atoms with Crippen LogP contribution in [0.3, 0.4) is 0 Å². The first-order valence-electron chi connectivity index (χ1n) is 4.12. The van der Waals surface area contributed by atoms with Crippen LogP contribution in [0.1, 0.15) is 5.56 Å². The molecule has 14 heavy (non-hydrogen) atoms. The molecular formula is C11H14ClNO. The Labute approximate surface area is 91.0 Å². The van der Waals surface area contributed by atoms with Crippen molar-refractivity contribution in [3.8, 4) is 18.1 Å². The van der Waals surface area contributed by atoms with Gasteiger partial charge in [0.25, 0.3) is 0 Å². The zero-order chi connectivity index (χ0) is 9.68. The van der Waals surface area contributed by atoms with Gasteiger partial charge in [-0.15, -0.1) is 18.8 Å². The molecule has 0 aliphatic carbocycles. The maximum atomic E-state index is 9.20. The van der Waals surface area contributed by atoms with E-state index in [2.05, 4.69) is 5.92 Å². The van der Waals surface area contributed by atoms with Crippen molar-refractivity contribution in [1.29, 1.82) is 0 Å². The molecule has 1 rings (SSSR count). The molecule has 0 aliphatic heterocycles. The Kier molecular flexibility index (Phi) is 5.78. The summed E-state index contributed by atoms with van der Waals surface area (Å²) in [5.74, 6) is 2.86. The first-order valence-corrected chi connectivity index (χ1v) is 4.12. The third-order valence-corrected chi connectivity index (χ3v) is 1.72. The van der Waals surface area contributed by atoms with Crippen molar-refractivity contribution in [1.82, 2.24) is 4.90 Å². The highest BCUT2D eigenvalue weighted by Gasteiger charge is 1.98. The lowest BCUT2D eigenvalue weighted by Gasteiger charge is -2.12. The Morgan fingerprint density at radius 2 is 2.21 bits per heavy atom. The second-order valence-electron chi connectivity index (χ2n) is 3.05. The van der Waals surface area contributed by atoms with E-state index in [1.54, 1.807) is 12.1 Å². The van der Waals surface area contributed by atoms with Crippen molar-refractivity contribution in [3.63, 3.8) is 0 Å². The van der Waals surface area contributed by atoms with Crippen LogP contribution in [0.15, 0.2) is 24.3 Å². The van der Waals surface area contributed by atoms with Crippen molar-refractivity contribution in [2.45, 2.75) is 6.54 Å². The highest BCUT2D eigenvalue weighted by molar-refractivity contribution is 5.85. The number of benzene rings is 1. The van der Waals surface area contributed by atoms with Crippen LogP contribution in [0, 0.1) is 12.3 Å². The van der Waals surface area contributed by atoms with Gasteiger partial charge in [0.1, 0.15) is 5.75 Å². The Morgan fingerprint density at radius 1 is 1.50 bits per heavy atom. The summed E-state index contributed by atoms with van der Waals surface area (Å²) in [7, 11) is 1.95. The molecule has 0 fully saturated rings. The van der Waals surface area contributed by atoms with Crippen molar-refractivity contribution in [2.75, 3.05) is 13.6 Å². The van der Waals surface area contributed by atoms with Crippen LogP contribution in [-0.4, -0.2) is 23.6 Å². The van der Waals surface area contributed by atoms with Crippen molar-refractivity contribution in [2.24, 2.45) is 0 Å². The summed E-state index contributed by atoms with van der Waals surface area (Å²) in [6.07, 6.45) is 5.17. The number of nitrogens with zero attached hydrogens (tertiary/aromatic N) is 1. The summed E-state index contributed by atoms with van der Waals surface area (Å²) < 4.78 is 0. The molecule has 2 nitrogen and oxygen atoms in total. The second kappa shape index (κ2) is 6.31. The second-order valence-corrected chi connectivity index (χ2v) is 3.05. The van der Waals surface area contributed by atoms with E-state index in [9.17, 15) is 5.11 Å². The van der Waals surface area contributed by atoms with Crippen LogP contribution < -0.4 is 0 Å². The molecule has 3 heteroatoms. The maximum Gasteiger partial charge on any atom is 0.115 e. The van der Waals surface area contributed by atoms with Gasteiger partial charge < -0.3 is 5.11 Å². The van der Waals surface area contributed by atoms with Crippen LogP contribution in [0.5, 0.6) is 5.75 Å². The fraction of sp³-hybridized carbons (Fsp3) is 0.273. The topological polar surface area (TPSA) is 23.5 Å². The Balaban J connectivity index is 0.00000169. The van der Waals surface area contributed by atoms with Gasteiger partial charge in [0.2, 0.25) is 0 Å². The van der Waals surface area contributed by atoms with Crippen LogP contribution in [0.25, 0.3) is 0 Å². The van der Waals surface area contributed by atoms with Gasteiger partial charge in [0.05, 0.1) is 6.54 Å². The fourth-order valence-corrected chi connectivity index (χ4v) is 1.18. The lowest BCUT2D eigenvalue weighted by atomic mass is 10.2. The summed E-state index contributed by atoms with van der Waals surface area (Å²) >= 11 is 0. The number of aromatic hydroxyl groups is 1. The number of phenols is 1. The fourth-order valence-electron chi connectivity index (χ4n) is 1.18. The standard InChI is InChI=1S/C11H13NO.ClH/c1-3-7-12(2)9-10-5-4-6-11(13)8-10;/h1,4-6,8,13H,7,9H2,2H3;1H. The van der Waals surface area contributed by atoms with Gasteiger partial charge in [-0.3, -0.25) is 4.90 Å². The molecule has 0 amide bonds. The molecule has 0 unspecified atom stereocenters. The summed E-state index contributed by atoms with van der Waals surface area (Å²) in [5.41, 5.74) is 1.07. The average molecular weight is 212 g/mol. The third-order valence-electron chi connectivity index (χ3n) is 1.72. The molecule has 0 saturated heterocycles. The number of hydrogen-bond donors (Lipinski definition) is 1. The van der Waals surface area contributed by atoms with Crippen molar-refractivity contribution in [3.05, 3.63) is 29.8 Å². The lowest BCUT2D eigenvalue weighted by Crippen LogP contribution is -2.17. The van der Waals surface area contributed by atoms with Gasteiger partial charge in [-0.1, -0.05) is 18.1 Å². The van der Waals surface area contributed by atoms with E-state index in [1.165, 1.54) is 0 Å². The summed E-state index contributed by atoms with van der Waals surface area (Å²) in [5, 5.41) is 9.20. The first-order chi connectivity index (χ1) is 6.22. The minimum Gasteiger partial charge on any atom is -0.508 e. The number of hydrogen-bond acceptors (Lipinski definition) is 2. The van der Waals surface area contributed by atoms with Crippen LogP contribution in [0.2, 0.25) is 0 Å². The van der Waals surface area contributed by atoms with Crippen molar-refractivity contribution < 1.29 is 5.11 Å². The van der Waals surface area contributed by atoms with Gasteiger partial charge >= 0.3 is 0 Å². The van der Waals surface area contributed by atoms with E-state index >= 15 is 0 Å². The predicted molar refractivity (Wildman–Crippen MR) is 60.5 cm³/mol. The zero-order valence-corrected chi connectivity index (χ0v) is 8.92. The molecule has 0 atom stereocenters. The van der Waals surface area contributed by atoms with Crippen molar-refractivity contribution >= 4 is 12.4 Å². The Morgan fingerprint density at radius 3 is 2.79 bits per heavy atom. The number of halogens is 1. The summed E-state index contributed by atoms with van der Waals surface area (Å²) in [4.78, 5) is 2.01. The highest BCUT2D eigenvalue weighted by atomic mass is 35.5. The van der Waals surface area contributed by atoms with Gasteiger partial charge in [-0.25, -0.2) is 0 Å². The monoisotopic (exact) mass is 211 g/mol. The quantitative estimate of drug-likeness (QED) is 0.772. The minimum absolute atomic E-state index is 0. The molecule has 76 valence electrons. The normalized spacial score (nSPS) is 9.21. The van der Waals surface area contributed by atoms with Gasteiger partial charge in [-0.05, 0) is 24.7 Å². The van der Waals surface area contributed by atoms with Gasteiger partial charge in [-0.2, -0.15) is 0 Å². The van der Waals surface area contributed by atoms with Crippen LogP contribution >= 0.6 is 12.4 Å². The number of phenolic OH excluding ortho intramolecular Hbond substituents is 1. The number of terminal acetylenes is 1. The molecule has 0 heterocycles. The van der Waals surface area contributed by atoms with E-state index in [0.717, 1.165) is 12.1 Å². The van der Waals surface area contributed by atoms with E-state index in [4.69, 9.17) is 6.42 Å². The summed E-state index contributed by atoms with van der Waals surface area (Å²) in [6, 6.07) is 7.19. The molecule has 0 bridgehead atoms. The maximum absolute atomic E-state index is 9.20. The van der Waals surface area contributed by atoms with Crippen LogP contribution in [-0.2, 0) is 6.54 Å². The van der Waals surface area contributed by atoms with Crippen LogP contribution in [0.4, 0.5) is 0 Å². The molecule has 1 N–H and O–H groups in total. The lowest BCUT2D eigenvalue weighted by molar-refractivity contribution is 0.368. The SMILES string of the molecule is C#CCN(C)Cc1cccc(O)c1.Cl. The van der Waals surface area contributed by atoms with E-state index in [1.807, 2.05) is 24.1 Å². The summed E-state index contributed by atoms with van der Waals surface area (Å²) in [6.45, 7) is 1.38. The molecule has 1 aromatic carbocycles. The predicted octanol–water partition coefficient (Wildman–Crippen LogP) is 1.88. The van der Waals surface area contributed by atoms with Gasteiger partial charge in [0, 0.05) is 6.54 Å². The largest absolute Gasteiger partial charge is 0.508 e. The van der Waals surface area contributed by atoms with E-state index in [-0.39, 0.29) is 12.4 Å².